The predicted octanol–water partition coefficient (Wildman–Crippen LogP) is -0.0753. The molecule has 0 spiro atoms. The molecule has 0 aromatic carbocycles. The molecule has 2 saturated heterocycles. The Balaban J connectivity index is 1.61. The van der Waals surface area contributed by atoms with Gasteiger partial charge in [0.05, 0.1) is 6.42 Å². The predicted molar refractivity (Wildman–Crippen MR) is 90.4 cm³/mol. The Morgan fingerprint density at radius 3 is 2.96 bits per heavy atom. The number of hydrogen-bond donors (Lipinski definition) is 3. The van der Waals surface area contributed by atoms with Gasteiger partial charge in [-0.05, 0) is 0 Å². The van der Waals surface area contributed by atoms with Gasteiger partial charge in [0, 0.05) is 23.4 Å². The first-order chi connectivity index (χ1) is 11.4. The third kappa shape index (κ3) is 2.75. The van der Waals surface area contributed by atoms with Crippen molar-refractivity contribution in [1.29, 1.82) is 0 Å². The maximum absolute atomic E-state index is 12.3. The Morgan fingerprint density at radius 1 is 1.62 bits per heavy atom. The van der Waals surface area contributed by atoms with Crippen molar-refractivity contribution in [3.8, 4) is 0 Å². The van der Waals surface area contributed by atoms with Crippen molar-refractivity contribution in [2.24, 2.45) is 5.41 Å². The molecule has 2 unspecified atom stereocenters. The number of anilines is 1. The largest absolute Gasteiger partial charge is 0.481 e. The van der Waals surface area contributed by atoms with Crippen molar-refractivity contribution >= 4 is 46.0 Å². The van der Waals surface area contributed by atoms with Gasteiger partial charge in [0.2, 0.25) is 11.8 Å². The number of nitrogens with zero attached hydrogens (tertiary/aromatic N) is 2. The number of carboxylic acids is 1. The highest BCUT2D eigenvalue weighted by molar-refractivity contribution is 8.00. The molecule has 3 rings (SSSR count). The van der Waals surface area contributed by atoms with Crippen LogP contribution in [0.3, 0.4) is 0 Å². The van der Waals surface area contributed by atoms with Crippen molar-refractivity contribution in [1.82, 2.24) is 15.2 Å². The number of fused-ring (bicyclic) bond motifs is 1. The minimum atomic E-state index is -1.13. The van der Waals surface area contributed by atoms with Gasteiger partial charge in [-0.1, -0.05) is 6.08 Å². The van der Waals surface area contributed by atoms with Crippen LogP contribution in [-0.2, 0) is 20.8 Å². The lowest BCUT2D eigenvalue weighted by molar-refractivity contribution is -0.156. The second kappa shape index (κ2) is 6.10. The zero-order valence-corrected chi connectivity index (χ0v) is 14.2. The lowest BCUT2D eigenvalue weighted by atomic mass is 9.87. The smallest absolute Gasteiger partial charge is 0.316 e. The highest BCUT2D eigenvalue weighted by Gasteiger charge is 2.56. The molecular formula is C14H16N4O4S2. The Labute approximate surface area is 146 Å². The quantitative estimate of drug-likeness (QED) is 0.490. The van der Waals surface area contributed by atoms with Crippen molar-refractivity contribution < 1.29 is 19.5 Å². The first kappa shape index (κ1) is 16.8. The minimum Gasteiger partial charge on any atom is -0.481 e. The summed E-state index contributed by atoms with van der Waals surface area (Å²) in [6.45, 7) is 3.67. The Morgan fingerprint density at radius 2 is 2.38 bits per heavy atom. The average molecular weight is 368 g/mol. The molecule has 128 valence electrons. The molecule has 4 N–H and O–H groups in total. The number of amides is 2. The van der Waals surface area contributed by atoms with Gasteiger partial charge >= 0.3 is 5.97 Å². The van der Waals surface area contributed by atoms with Crippen LogP contribution in [0, 0.1) is 5.41 Å². The van der Waals surface area contributed by atoms with E-state index in [-0.39, 0.29) is 30.2 Å². The number of carbonyl (C=O) groups excluding carboxylic acids is 2. The third-order valence-electron chi connectivity index (χ3n) is 4.15. The van der Waals surface area contributed by atoms with E-state index in [1.54, 1.807) is 0 Å². The zero-order valence-electron chi connectivity index (χ0n) is 12.6. The van der Waals surface area contributed by atoms with E-state index >= 15 is 0 Å². The van der Waals surface area contributed by atoms with Gasteiger partial charge in [-0.3, -0.25) is 14.4 Å². The van der Waals surface area contributed by atoms with Gasteiger partial charge < -0.3 is 21.1 Å². The number of thiazole rings is 1. The summed E-state index contributed by atoms with van der Waals surface area (Å²) < 4.78 is 0. The van der Waals surface area contributed by atoms with Crippen LogP contribution in [0.2, 0.25) is 0 Å². The van der Waals surface area contributed by atoms with Gasteiger partial charge in [0.15, 0.2) is 5.13 Å². The zero-order chi connectivity index (χ0) is 17.5. The number of thioether (sulfide) groups is 1. The van der Waals surface area contributed by atoms with E-state index in [1.165, 1.54) is 40.3 Å². The molecule has 2 aliphatic rings. The van der Waals surface area contributed by atoms with Crippen molar-refractivity contribution in [2.75, 3.05) is 18.0 Å². The fraction of sp³-hybridized carbons (Fsp3) is 0.429. The Hall–Kier alpha value is -2.07. The summed E-state index contributed by atoms with van der Waals surface area (Å²) in [5.74, 6) is -1.22. The standard InChI is InChI=1S/C14H16N4O4S2/c1-2-14(12(21)22)5-18-10(20)9(11(18)23-6-14)17-8(19)3-7-4-16-13(15)24-7/h2,4,9,11H,1,3,5-6H2,(H2,15,16)(H,17,19)(H,21,22)/t9?,11-,14?/m1/s1. The van der Waals surface area contributed by atoms with Crippen molar-refractivity contribution in [3.05, 3.63) is 23.7 Å². The summed E-state index contributed by atoms with van der Waals surface area (Å²) in [4.78, 5) is 41.9. The second-order valence-electron chi connectivity index (χ2n) is 5.72. The second-order valence-corrected chi connectivity index (χ2v) is 7.97. The highest BCUT2D eigenvalue weighted by Crippen LogP contribution is 2.42. The maximum Gasteiger partial charge on any atom is 0.316 e. The topological polar surface area (TPSA) is 126 Å². The van der Waals surface area contributed by atoms with Gasteiger partial charge in [-0.2, -0.15) is 0 Å². The summed E-state index contributed by atoms with van der Waals surface area (Å²) in [5, 5.41) is 12.2. The minimum absolute atomic E-state index is 0.0834. The molecule has 3 heterocycles. The van der Waals surface area contributed by atoms with Crippen LogP contribution >= 0.6 is 23.1 Å². The Bertz CT molecular complexity index is 721. The molecule has 0 radical (unpaired) electrons. The molecule has 8 nitrogen and oxygen atoms in total. The highest BCUT2D eigenvalue weighted by atomic mass is 32.2. The molecule has 1 aromatic rings. The number of hydrogen-bond acceptors (Lipinski definition) is 7. The molecule has 1 aromatic heterocycles. The number of β-lactam (4-membered cyclic amide) rings is 1. The summed E-state index contributed by atoms with van der Waals surface area (Å²) in [6, 6.07) is -0.621. The summed E-state index contributed by atoms with van der Waals surface area (Å²) in [7, 11) is 0. The lowest BCUT2D eigenvalue weighted by Gasteiger charge is -2.53. The van der Waals surface area contributed by atoms with E-state index in [1.807, 2.05) is 0 Å². The number of carbonyl (C=O) groups is 3. The van der Waals surface area contributed by atoms with E-state index in [0.29, 0.717) is 10.9 Å². The van der Waals surface area contributed by atoms with E-state index in [0.717, 1.165) is 4.88 Å². The number of nitrogen functional groups attached to an aromatic ring is 1. The molecule has 0 saturated carbocycles. The van der Waals surface area contributed by atoms with Crippen LogP contribution in [0.4, 0.5) is 5.13 Å². The number of nitrogens with two attached hydrogens (primary N) is 1. The van der Waals surface area contributed by atoms with Crippen molar-refractivity contribution in [2.45, 2.75) is 17.8 Å². The number of rotatable bonds is 5. The van der Waals surface area contributed by atoms with Gasteiger partial charge in [0.25, 0.3) is 0 Å². The number of aliphatic carboxylic acids is 1. The van der Waals surface area contributed by atoms with Gasteiger partial charge in [-0.15, -0.1) is 29.7 Å². The van der Waals surface area contributed by atoms with Crippen LogP contribution in [0.5, 0.6) is 0 Å². The van der Waals surface area contributed by atoms with Gasteiger partial charge in [0.1, 0.15) is 16.8 Å². The average Bonchev–Trinajstić information content (AvgIpc) is 2.96. The molecule has 0 bridgehead atoms. The summed E-state index contributed by atoms with van der Waals surface area (Å²) in [6.07, 6.45) is 3.03. The van der Waals surface area contributed by atoms with E-state index in [2.05, 4.69) is 16.9 Å². The third-order valence-corrected chi connectivity index (χ3v) is 6.52. The van der Waals surface area contributed by atoms with Crippen LogP contribution in [-0.4, -0.2) is 56.5 Å². The molecule has 2 amide bonds. The fourth-order valence-corrected chi connectivity index (χ4v) is 4.94. The SMILES string of the molecule is C=CC1(C(=O)O)CS[C@@H]2C(NC(=O)Cc3cnc(N)s3)C(=O)N2C1. The molecule has 10 heteroatoms. The van der Waals surface area contributed by atoms with Crippen LogP contribution in [0.25, 0.3) is 0 Å². The first-order valence-corrected chi connectivity index (χ1v) is 9.01. The number of aromatic nitrogens is 1. The van der Waals surface area contributed by atoms with E-state index < -0.39 is 17.4 Å². The number of nitrogens with one attached hydrogen (secondary N) is 1. The molecule has 2 aliphatic heterocycles. The van der Waals surface area contributed by atoms with Crippen LogP contribution in [0.15, 0.2) is 18.9 Å². The maximum atomic E-state index is 12.3. The molecule has 3 atom stereocenters. The summed E-state index contributed by atoms with van der Waals surface area (Å²) in [5.41, 5.74) is 4.39. The van der Waals surface area contributed by atoms with E-state index in [4.69, 9.17) is 5.73 Å². The van der Waals surface area contributed by atoms with Gasteiger partial charge in [-0.25, -0.2) is 4.98 Å². The van der Waals surface area contributed by atoms with Crippen molar-refractivity contribution in [3.63, 3.8) is 0 Å². The van der Waals surface area contributed by atoms with Crippen LogP contribution < -0.4 is 11.1 Å². The Kier molecular flexibility index (Phi) is 4.26. The summed E-state index contributed by atoms with van der Waals surface area (Å²) >= 11 is 2.57. The lowest BCUT2D eigenvalue weighted by Crippen LogP contribution is -2.73. The molecule has 2 fully saturated rings. The van der Waals surface area contributed by atoms with Crippen LogP contribution in [0.1, 0.15) is 4.88 Å². The first-order valence-electron chi connectivity index (χ1n) is 7.15. The normalized spacial score (nSPS) is 28.7. The number of carboxylic acid groups (broad SMARTS) is 1. The molecule has 0 aliphatic carbocycles. The molecule has 24 heavy (non-hydrogen) atoms. The monoisotopic (exact) mass is 368 g/mol. The molecular weight excluding hydrogens is 352 g/mol. The van der Waals surface area contributed by atoms with E-state index in [9.17, 15) is 19.5 Å². The fourth-order valence-electron chi connectivity index (χ4n) is 2.72.